The van der Waals surface area contributed by atoms with Gasteiger partial charge in [0.25, 0.3) is 0 Å². The van der Waals surface area contributed by atoms with E-state index < -0.39 is 10.5 Å². The van der Waals surface area contributed by atoms with Gasteiger partial charge in [-0.05, 0) is 17.8 Å². The van der Waals surface area contributed by atoms with Gasteiger partial charge in [0.2, 0.25) is 0 Å². The molecule has 0 aliphatic heterocycles. The molecule has 1 atom stereocenters. The molecule has 0 aromatic carbocycles. The van der Waals surface area contributed by atoms with Crippen molar-refractivity contribution in [2.45, 2.75) is 32.9 Å². The van der Waals surface area contributed by atoms with E-state index in [0.717, 1.165) is 0 Å². The second-order valence-electron chi connectivity index (χ2n) is 4.14. The minimum Gasteiger partial charge on any atom is -0.388 e. The maximum Gasteiger partial charge on any atom is 0.389 e. The smallest absolute Gasteiger partial charge is 0.388 e. The van der Waals surface area contributed by atoms with Gasteiger partial charge in [-0.1, -0.05) is 13.8 Å². The highest BCUT2D eigenvalue weighted by Gasteiger charge is 2.27. The van der Waals surface area contributed by atoms with Crippen molar-refractivity contribution in [2.24, 2.45) is 5.92 Å². The summed E-state index contributed by atoms with van der Waals surface area (Å²) in [4.78, 5) is 9.83. The second-order valence-corrected chi connectivity index (χ2v) is 4.14. The van der Waals surface area contributed by atoms with Gasteiger partial charge in [-0.2, -0.15) is 4.68 Å². The predicted octanol–water partition coefficient (Wildman–Crippen LogP) is 1.20. The summed E-state index contributed by atoms with van der Waals surface area (Å²) in [5, 5.41) is 24.1. The first-order chi connectivity index (χ1) is 6.83. The maximum atomic E-state index is 10.4. The van der Waals surface area contributed by atoms with Crippen LogP contribution in [0.4, 0.5) is 5.82 Å². The van der Waals surface area contributed by atoms with Crippen molar-refractivity contribution >= 4 is 5.82 Å². The topological polar surface area (TPSA) is 81.2 Å². The van der Waals surface area contributed by atoms with Gasteiger partial charge in [-0.25, -0.2) is 0 Å². The summed E-state index contributed by atoms with van der Waals surface area (Å²) in [7, 11) is 0. The van der Waals surface area contributed by atoms with Crippen LogP contribution in [-0.4, -0.2) is 25.4 Å². The minimum atomic E-state index is -0.917. The molecule has 1 aromatic heterocycles. The maximum absolute atomic E-state index is 10.4. The summed E-state index contributed by atoms with van der Waals surface area (Å²) in [6, 6.07) is 1.32. The van der Waals surface area contributed by atoms with E-state index in [-0.39, 0.29) is 18.3 Å². The van der Waals surface area contributed by atoms with Crippen molar-refractivity contribution < 1.29 is 10.0 Å². The predicted molar refractivity (Wildman–Crippen MR) is 54.3 cm³/mol. The van der Waals surface area contributed by atoms with E-state index >= 15 is 0 Å². The van der Waals surface area contributed by atoms with Gasteiger partial charge in [0.1, 0.15) is 0 Å². The van der Waals surface area contributed by atoms with Crippen molar-refractivity contribution in [2.75, 3.05) is 0 Å². The molecule has 0 radical (unpaired) electrons. The lowest BCUT2D eigenvalue weighted by molar-refractivity contribution is -0.389. The molecule has 0 saturated heterocycles. The van der Waals surface area contributed by atoms with Crippen LogP contribution in [0.3, 0.4) is 0 Å². The summed E-state index contributed by atoms with van der Waals surface area (Å²) in [5.74, 6) is -0.143. The van der Waals surface area contributed by atoms with Crippen LogP contribution in [0.2, 0.25) is 0 Å². The molecule has 0 fully saturated rings. The van der Waals surface area contributed by atoms with E-state index in [9.17, 15) is 15.2 Å². The zero-order valence-corrected chi connectivity index (χ0v) is 9.04. The van der Waals surface area contributed by atoms with Crippen LogP contribution < -0.4 is 0 Å². The van der Waals surface area contributed by atoms with E-state index in [4.69, 9.17) is 0 Å². The normalized spacial score (nSPS) is 15.3. The second kappa shape index (κ2) is 3.98. The number of rotatable bonds is 4. The molecule has 1 unspecified atom stereocenters. The third kappa shape index (κ3) is 2.76. The minimum absolute atomic E-state index is 0.0563. The molecule has 15 heavy (non-hydrogen) atoms. The molecule has 0 amide bonds. The molecule has 0 aliphatic carbocycles. The number of nitrogens with zero attached hydrogens (tertiary/aromatic N) is 3. The van der Waals surface area contributed by atoms with E-state index in [1.807, 2.05) is 13.8 Å². The Morgan fingerprint density at radius 2 is 2.33 bits per heavy atom. The molecule has 6 nitrogen and oxygen atoms in total. The third-order valence-corrected chi connectivity index (χ3v) is 2.54. The van der Waals surface area contributed by atoms with Gasteiger partial charge in [0.15, 0.2) is 0 Å². The summed E-state index contributed by atoms with van der Waals surface area (Å²) in [6.07, 6.45) is 1.50. The average Bonchev–Trinajstić information content (AvgIpc) is 2.51. The number of aliphatic hydroxyl groups is 1. The molecule has 0 saturated carbocycles. The molecule has 0 bridgehead atoms. The van der Waals surface area contributed by atoms with Crippen LogP contribution in [0.5, 0.6) is 0 Å². The largest absolute Gasteiger partial charge is 0.389 e. The lowest BCUT2D eigenvalue weighted by Crippen LogP contribution is -2.36. The van der Waals surface area contributed by atoms with Crippen LogP contribution in [0.1, 0.15) is 20.8 Å². The first kappa shape index (κ1) is 11.6. The van der Waals surface area contributed by atoms with E-state index in [0.29, 0.717) is 0 Å². The molecule has 0 spiro atoms. The Morgan fingerprint density at radius 1 is 1.73 bits per heavy atom. The quantitative estimate of drug-likeness (QED) is 0.601. The molecule has 0 aliphatic rings. The molecule has 1 rings (SSSR count). The zero-order valence-electron chi connectivity index (χ0n) is 9.04. The fraction of sp³-hybridized carbons (Fsp3) is 0.667. The Labute approximate surface area is 87.7 Å². The van der Waals surface area contributed by atoms with Gasteiger partial charge in [-0.15, -0.1) is 0 Å². The number of aromatic nitrogens is 2. The average molecular weight is 213 g/mol. The lowest BCUT2D eigenvalue weighted by Gasteiger charge is -2.26. The molecule has 1 N–H and O–H groups in total. The standard InChI is InChI=1S/C9H15N3O3/c1-7(2)9(3,13)6-11-5-4-8(10-11)12(14)15/h4-5,7,13H,6H2,1-3H3. The Morgan fingerprint density at radius 3 is 2.73 bits per heavy atom. The number of hydrogen-bond donors (Lipinski definition) is 1. The fourth-order valence-electron chi connectivity index (χ4n) is 1.05. The Bertz CT molecular complexity index is 357. The van der Waals surface area contributed by atoms with Gasteiger partial charge < -0.3 is 15.2 Å². The fourth-order valence-corrected chi connectivity index (χ4v) is 1.05. The van der Waals surface area contributed by atoms with E-state index in [1.165, 1.54) is 16.9 Å². The van der Waals surface area contributed by atoms with Crippen LogP contribution >= 0.6 is 0 Å². The van der Waals surface area contributed by atoms with E-state index in [1.54, 1.807) is 6.92 Å². The lowest BCUT2D eigenvalue weighted by atomic mass is 9.93. The van der Waals surface area contributed by atoms with Gasteiger partial charge in [0, 0.05) is 0 Å². The highest BCUT2D eigenvalue weighted by Crippen LogP contribution is 2.18. The number of hydrogen-bond acceptors (Lipinski definition) is 4. The van der Waals surface area contributed by atoms with Crippen LogP contribution in [0, 0.1) is 16.0 Å². The van der Waals surface area contributed by atoms with Crippen molar-refractivity contribution in [3.8, 4) is 0 Å². The van der Waals surface area contributed by atoms with Crippen LogP contribution in [0.25, 0.3) is 0 Å². The van der Waals surface area contributed by atoms with Crippen molar-refractivity contribution in [3.05, 3.63) is 22.4 Å². The van der Waals surface area contributed by atoms with Crippen LogP contribution in [0.15, 0.2) is 12.3 Å². The third-order valence-electron chi connectivity index (χ3n) is 2.54. The molecule has 1 aromatic rings. The van der Waals surface area contributed by atoms with Crippen molar-refractivity contribution in [1.82, 2.24) is 9.78 Å². The Kier molecular flexibility index (Phi) is 3.09. The number of nitro groups is 1. The summed E-state index contributed by atoms with van der Waals surface area (Å²) in [6.45, 7) is 5.71. The summed E-state index contributed by atoms with van der Waals surface area (Å²) >= 11 is 0. The SMILES string of the molecule is CC(C)C(C)(O)Cn1ccc([N+](=O)[O-])n1. The first-order valence-electron chi connectivity index (χ1n) is 4.73. The monoisotopic (exact) mass is 213 g/mol. The van der Waals surface area contributed by atoms with E-state index in [2.05, 4.69) is 5.10 Å². The van der Waals surface area contributed by atoms with Crippen molar-refractivity contribution in [3.63, 3.8) is 0 Å². The van der Waals surface area contributed by atoms with Gasteiger partial charge >= 0.3 is 5.82 Å². The highest BCUT2D eigenvalue weighted by molar-refractivity contribution is 5.14. The Hall–Kier alpha value is -1.43. The Balaban J connectivity index is 2.77. The molecule has 6 heteroatoms. The molecule has 84 valence electrons. The first-order valence-corrected chi connectivity index (χ1v) is 4.73. The van der Waals surface area contributed by atoms with Gasteiger partial charge in [0.05, 0.1) is 29.5 Å². The summed E-state index contributed by atoms with van der Waals surface area (Å²) in [5.41, 5.74) is -0.917. The highest BCUT2D eigenvalue weighted by atomic mass is 16.6. The molecular formula is C9H15N3O3. The molecule has 1 heterocycles. The van der Waals surface area contributed by atoms with Crippen molar-refractivity contribution in [1.29, 1.82) is 0 Å². The zero-order chi connectivity index (χ0) is 11.6. The van der Waals surface area contributed by atoms with Crippen LogP contribution in [-0.2, 0) is 6.54 Å². The summed E-state index contributed by atoms with van der Waals surface area (Å²) < 4.78 is 1.39. The van der Waals surface area contributed by atoms with Gasteiger partial charge in [-0.3, -0.25) is 0 Å². The molecular weight excluding hydrogens is 198 g/mol.